The molecule has 0 heterocycles. The summed E-state index contributed by atoms with van der Waals surface area (Å²) in [5, 5.41) is 12.5. The highest BCUT2D eigenvalue weighted by Gasteiger charge is 2.19. The van der Waals surface area contributed by atoms with Crippen molar-refractivity contribution in [3.8, 4) is 6.07 Å². The minimum atomic E-state index is 0.282. The molecule has 0 aliphatic rings. The Morgan fingerprint density at radius 1 is 1.35 bits per heavy atom. The van der Waals surface area contributed by atoms with Gasteiger partial charge in [0, 0.05) is 6.54 Å². The van der Waals surface area contributed by atoms with Gasteiger partial charge in [0.25, 0.3) is 0 Å². The van der Waals surface area contributed by atoms with E-state index in [4.69, 9.17) is 5.26 Å². The van der Waals surface area contributed by atoms with Gasteiger partial charge < -0.3 is 5.32 Å². The first-order valence-electron chi connectivity index (χ1n) is 6.09. The highest BCUT2D eigenvalue weighted by molar-refractivity contribution is 5.58. The molecule has 1 unspecified atom stereocenters. The van der Waals surface area contributed by atoms with Gasteiger partial charge in [-0.2, -0.15) is 5.26 Å². The molecule has 1 aromatic rings. The molecule has 0 aliphatic carbocycles. The van der Waals surface area contributed by atoms with E-state index in [-0.39, 0.29) is 5.41 Å². The summed E-state index contributed by atoms with van der Waals surface area (Å²) in [6, 6.07) is 8.18. The maximum absolute atomic E-state index is 9.08. The molecule has 1 N–H and O–H groups in total. The van der Waals surface area contributed by atoms with Crippen LogP contribution >= 0.6 is 0 Å². The number of nitrogens with zero attached hydrogens (tertiary/aromatic N) is 1. The lowest BCUT2D eigenvalue weighted by atomic mass is 9.82. The van der Waals surface area contributed by atoms with Crippen LogP contribution in [0.1, 0.15) is 38.8 Å². The van der Waals surface area contributed by atoms with Gasteiger partial charge in [-0.25, -0.2) is 0 Å². The predicted octanol–water partition coefficient (Wildman–Crippen LogP) is 3.96. The number of anilines is 1. The van der Waals surface area contributed by atoms with Crippen LogP contribution in [0.25, 0.3) is 0 Å². The van der Waals surface area contributed by atoms with Gasteiger partial charge in [0.1, 0.15) is 6.07 Å². The van der Waals surface area contributed by atoms with Crippen LogP contribution in [0, 0.1) is 29.6 Å². The molecular weight excluding hydrogens is 208 g/mol. The normalized spacial score (nSPS) is 12.9. The second-order valence-corrected chi connectivity index (χ2v) is 5.81. The topological polar surface area (TPSA) is 35.8 Å². The summed E-state index contributed by atoms with van der Waals surface area (Å²) in [4.78, 5) is 0. The first-order valence-corrected chi connectivity index (χ1v) is 6.09. The Hall–Kier alpha value is -1.49. The lowest BCUT2D eigenvalue weighted by Gasteiger charge is -2.27. The van der Waals surface area contributed by atoms with Crippen LogP contribution in [-0.4, -0.2) is 6.54 Å². The minimum absolute atomic E-state index is 0.282. The van der Waals surface area contributed by atoms with Crippen molar-refractivity contribution in [2.75, 3.05) is 11.9 Å². The van der Waals surface area contributed by atoms with Gasteiger partial charge in [-0.05, 0) is 36.0 Å². The zero-order valence-electron chi connectivity index (χ0n) is 11.5. The van der Waals surface area contributed by atoms with Gasteiger partial charge in [0.15, 0.2) is 0 Å². The molecule has 92 valence electrons. The van der Waals surface area contributed by atoms with Crippen LogP contribution < -0.4 is 5.32 Å². The fourth-order valence-corrected chi connectivity index (χ4v) is 1.47. The van der Waals surface area contributed by atoms with E-state index in [0.29, 0.717) is 5.92 Å². The maximum atomic E-state index is 9.08. The van der Waals surface area contributed by atoms with Crippen molar-refractivity contribution in [2.24, 2.45) is 11.3 Å². The van der Waals surface area contributed by atoms with Crippen molar-refractivity contribution < 1.29 is 0 Å². The van der Waals surface area contributed by atoms with E-state index < -0.39 is 0 Å². The van der Waals surface area contributed by atoms with Crippen LogP contribution in [0.2, 0.25) is 0 Å². The summed E-state index contributed by atoms with van der Waals surface area (Å²) < 4.78 is 0. The van der Waals surface area contributed by atoms with E-state index >= 15 is 0 Å². The number of aryl methyl sites for hydroxylation is 1. The number of rotatable bonds is 3. The van der Waals surface area contributed by atoms with E-state index in [9.17, 15) is 0 Å². The maximum Gasteiger partial charge on any atom is 0.101 e. The number of nitriles is 1. The van der Waals surface area contributed by atoms with Crippen molar-refractivity contribution in [3.63, 3.8) is 0 Å². The predicted molar refractivity (Wildman–Crippen MR) is 73.0 cm³/mol. The molecule has 0 amide bonds. The zero-order valence-corrected chi connectivity index (χ0v) is 11.5. The van der Waals surface area contributed by atoms with E-state index in [0.717, 1.165) is 23.4 Å². The van der Waals surface area contributed by atoms with Gasteiger partial charge in [-0.15, -0.1) is 0 Å². The van der Waals surface area contributed by atoms with Crippen molar-refractivity contribution in [1.29, 1.82) is 5.26 Å². The number of benzene rings is 1. The van der Waals surface area contributed by atoms with Crippen molar-refractivity contribution in [3.05, 3.63) is 29.3 Å². The van der Waals surface area contributed by atoms with Gasteiger partial charge in [0.05, 0.1) is 11.3 Å². The Balaban J connectivity index is 2.74. The van der Waals surface area contributed by atoms with Gasteiger partial charge in [0.2, 0.25) is 0 Å². The van der Waals surface area contributed by atoms with Crippen LogP contribution in [0.15, 0.2) is 18.2 Å². The smallest absolute Gasteiger partial charge is 0.101 e. The summed E-state index contributed by atoms with van der Waals surface area (Å²) in [7, 11) is 0. The summed E-state index contributed by atoms with van der Waals surface area (Å²) in [6.45, 7) is 11.8. The molecule has 0 aliphatic heterocycles. The molecule has 0 fully saturated rings. The Labute approximate surface area is 105 Å². The van der Waals surface area contributed by atoms with Gasteiger partial charge in [-0.1, -0.05) is 33.8 Å². The average molecular weight is 230 g/mol. The van der Waals surface area contributed by atoms with E-state index in [1.165, 1.54) is 0 Å². The minimum Gasteiger partial charge on any atom is -0.384 e. The second kappa shape index (κ2) is 5.23. The Kier molecular flexibility index (Phi) is 4.17. The lowest BCUT2D eigenvalue weighted by molar-refractivity contribution is 0.274. The van der Waals surface area contributed by atoms with E-state index in [1.807, 2.05) is 25.1 Å². The van der Waals surface area contributed by atoms with Crippen LogP contribution in [0.4, 0.5) is 5.69 Å². The fraction of sp³-hybridized carbons (Fsp3) is 0.533. The molecule has 17 heavy (non-hydrogen) atoms. The molecule has 0 radical (unpaired) electrons. The molecule has 0 bridgehead atoms. The second-order valence-electron chi connectivity index (χ2n) is 5.81. The van der Waals surface area contributed by atoms with Crippen molar-refractivity contribution >= 4 is 5.69 Å². The molecule has 0 saturated carbocycles. The van der Waals surface area contributed by atoms with Crippen LogP contribution in [-0.2, 0) is 0 Å². The van der Waals surface area contributed by atoms with Crippen LogP contribution in [0.5, 0.6) is 0 Å². The number of hydrogen-bond acceptors (Lipinski definition) is 2. The summed E-state index contributed by atoms with van der Waals surface area (Å²) in [5.41, 5.74) is 3.07. The highest BCUT2D eigenvalue weighted by atomic mass is 14.9. The molecule has 0 spiro atoms. The van der Waals surface area contributed by atoms with E-state index in [1.54, 1.807) is 0 Å². The Morgan fingerprint density at radius 2 is 2.00 bits per heavy atom. The first kappa shape index (κ1) is 13.6. The summed E-state index contributed by atoms with van der Waals surface area (Å²) in [5.74, 6) is 0.551. The monoisotopic (exact) mass is 230 g/mol. The quantitative estimate of drug-likeness (QED) is 0.853. The first-order chi connectivity index (χ1) is 7.84. The molecule has 0 aromatic heterocycles. The Bertz CT molecular complexity index is 422. The van der Waals surface area contributed by atoms with Crippen LogP contribution in [0.3, 0.4) is 0 Å². The highest BCUT2D eigenvalue weighted by Crippen LogP contribution is 2.26. The molecule has 1 aromatic carbocycles. The molecule has 1 atom stereocenters. The third kappa shape index (κ3) is 3.78. The van der Waals surface area contributed by atoms with E-state index in [2.05, 4.69) is 39.1 Å². The molecule has 0 saturated heterocycles. The third-order valence-corrected chi connectivity index (χ3v) is 3.37. The number of nitrogens with one attached hydrogen (secondary N) is 1. The average Bonchev–Trinajstić information content (AvgIpc) is 2.25. The van der Waals surface area contributed by atoms with Crippen molar-refractivity contribution in [1.82, 2.24) is 0 Å². The van der Waals surface area contributed by atoms with Gasteiger partial charge >= 0.3 is 0 Å². The standard InChI is InChI=1S/C15H22N2/c1-11-6-7-14(13(8-11)9-16)17-10-12(2)15(3,4)5/h6-8,12,17H,10H2,1-5H3. The SMILES string of the molecule is Cc1ccc(NCC(C)C(C)(C)C)c(C#N)c1. The Morgan fingerprint density at radius 3 is 2.53 bits per heavy atom. The summed E-state index contributed by atoms with van der Waals surface area (Å²) in [6.07, 6.45) is 0. The molecule has 2 nitrogen and oxygen atoms in total. The third-order valence-electron chi connectivity index (χ3n) is 3.37. The largest absolute Gasteiger partial charge is 0.384 e. The molecular formula is C15H22N2. The lowest BCUT2D eigenvalue weighted by Crippen LogP contribution is -2.25. The van der Waals surface area contributed by atoms with Gasteiger partial charge in [-0.3, -0.25) is 0 Å². The number of hydrogen-bond donors (Lipinski definition) is 1. The molecule has 1 rings (SSSR count). The molecule has 2 heteroatoms. The zero-order chi connectivity index (χ0) is 13.1. The summed E-state index contributed by atoms with van der Waals surface area (Å²) >= 11 is 0. The van der Waals surface area contributed by atoms with Crippen molar-refractivity contribution in [2.45, 2.75) is 34.6 Å². The fourth-order valence-electron chi connectivity index (χ4n) is 1.47.